The van der Waals surface area contributed by atoms with Gasteiger partial charge in [-0.1, -0.05) is 20.8 Å². The number of amides is 1. The second-order valence-electron chi connectivity index (χ2n) is 11.5. The number of nitrogens with two attached hydrogens (primary N) is 1. The fourth-order valence-electron chi connectivity index (χ4n) is 8.70. The molecule has 4 fully saturated rings. The second-order valence-corrected chi connectivity index (χ2v) is 11.5. The van der Waals surface area contributed by atoms with Crippen LogP contribution in [0.1, 0.15) is 78.6 Å². The van der Waals surface area contributed by atoms with E-state index in [0.717, 1.165) is 51.4 Å². The zero-order chi connectivity index (χ0) is 21.1. The summed E-state index contributed by atoms with van der Waals surface area (Å²) in [6, 6.07) is 0. The standard InChI is InChI=1S/C24H41NO4/c1-13(4-7-21(25)29)16-5-6-17-22-18(12-20(28)24(16,17)3)23(2)9-8-15(26)10-14(23)11-19(22)27/h13-20,22,26-28H,4-12H2,1-3H3,(H2,25,29)/t13-,14?,15-,16?,17+,18+,19?,20+,22?,23?,24?/m1/s1. The van der Waals surface area contributed by atoms with Crippen molar-refractivity contribution in [2.75, 3.05) is 0 Å². The first-order chi connectivity index (χ1) is 13.6. The molecule has 4 aliphatic rings. The van der Waals surface area contributed by atoms with Crippen molar-refractivity contribution in [1.82, 2.24) is 0 Å². The zero-order valence-electron chi connectivity index (χ0n) is 18.4. The summed E-state index contributed by atoms with van der Waals surface area (Å²) in [5.74, 6) is 1.72. The molecular formula is C24H41NO4. The number of aliphatic hydroxyl groups excluding tert-OH is 3. The van der Waals surface area contributed by atoms with Gasteiger partial charge in [0.25, 0.3) is 0 Å². The predicted octanol–water partition coefficient (Wildman–Crippen LogP) is 2.85. The molecule has 0 spiro atoms. The van der Waals surface area contributed by atoms with Crippen LogP contribution >= 0.6 is 0 Å². The maximum absolute atomic E-state index is 11.5. The van der Waals surface area contributed by atoms with E-state index in [0.29, 0.717) is 36.0 Å². The molecule has 0 heterocycles. The Balaban J connectivity index is 1.61. The van der Waals surface area contributed by atoms with Gasteiger partial charge in [0, 0.05) is 6.42 Å². The van der Waals surface area contributed by atoms with Gasteiger partial charge in [0.1, 0.15) is 0 Å². The second kappa shape index (κ2) is 7.49. The number of hydrogen-bond acceptors (Lipinski definition) is 4. The molecule has 5 N–H and O–H groups in total. The summed E-state index contributed by atoms with van der Waals surface area (Å²) in [4.78, 5) is 11.3. The first-order valence-electron chi connectivity index (χ1n) is 11.9. The lowest BCUT2D eigenvalue weighted by molar-refractivity contribution is -0.207. The van der Waals surface area contributed by atoms with Crippen molar-refractivity contribution in [3.05, 3.63) is 0 Å². The molecule has 0 radical (unpaired) electrons. The Hall–Kier alpha value is -0.650. The summed E-state index contributed by atoms with van der Waals surface area (Å²) in [6.45, 7) is 6.82. The molecule has 0 bridgehead atoms. The lowest BCUT2D eigenvalue weighted by Crippen LogP contribution is -2.62. The Bertz CT molecular complexity index is 640. The maximum Gasteiger partial charge on any atom is 0.217 e. The third-order valence-corrected chi connectivity index (χ3v) is 10.4. The van der Waals surface area contributed by atoms with Gasteiger partial charge in [0.2, 0.25) is 5.91 Å². The zero-order valence-corrected chi connectivity index (χ0v) is 18.4. The molecule has 166 valence electrons. The molecule has 4 aliphatic carbocycles. The first kappa shape index (κ1) is 21.6. The summed E-state index contributed by atoms with van der Waals surface area (Å²) in [7, 11) is 0. The van der Waals surface area contributed by atoms with Crippen LogP contribution in [0.15, 0.2) is 0 Å². The number of carbonyl (C=O) groups excluding carboxylic acids is 1. The Morgan fingerprint density at radius 2 is 1.79 bits per heavy atom. The molecule has 11 atom stereocenters. The van der Waals surface area contributed by atoms with Gasteiger partial charge in [-0.25, -0.2) is 0 Å². The third kappa shape index (κ3) is 3.27. The monoisotopic (exact) mass is 407 g/mol. The van der Waals surface area contributed by atoms with E-state index in [4.69, 9.17) is 5.73 Å². The van der Waals surface area contributed by atoms with Gasteiger partial charge in [-0.2, -0.15) is 0 Å². The summed E-state index contributed by atoms with van der Waals surface area (Å²) in [5, 5.41) is 33.0. The predicted molar refractivity (Wildman–Crippen MR) is 112 cm³/mol. The Morgan fingerprint density at radius 1 is 1.07 bits per heavy atom. The van der Waals surface area contributed by atoms with Crippen molar-refractivity contribution in [2.45, 2.75) is 96.9 Å². The van der Waals surface area contributed by atoms with Crippen LogP contribution < -0.4 is 5.73 Å². The number of primary amides is 1. The highest BCUT2D eigenvalue weighted by atomic mass is 16.3. The number of hydrogen-bond donors (Lipinski definition) is 4. The minimum Gasteiger partial charge on any atom is -0.393 e. The van der Waals surface area contributed by atoms with Crippen LogP contribution in [0.25, 0.3) is 0 Å². The molecule has 0 aromatic heterocycles. The van der Waals surface area contributed by atoms with E-state index in [-0.39, 0.29) is 41.0 Å². The maximum atomic E-state index is 11.5. The normalized spacial score (nSPS) is 52.9. The molecule has 4 rings (SSSR count). The van der Waals surface area contributed by atoms with E-state index >= 15 is 0 Å². The van der Waals surface area contributed by atoms with Gasteiger partial charge in [-0.05, 0) is 97.7 Å². The summed E-state index contributed by atoms with van der Waals surface area (Å²) in [5.41, 5.74) is 5.30. The van der Waals surface area contributed by atoms with Crippen LogP contribution in [0.2, 0.25) is 0 Å². The van der Waals surface area contributed by atoms with E-state index in [1.54, 1.807) is 0 Å². The molecule has 6 unspecified atom stereocenters. The van der Waals surface area contributed by atoms with Crippen molar-refractivity contribution in [3.63, 3.8) is 0 Å². The summed E-state index contributed by atoms with van der Waals surface area (Å²) >= 11 is 0. The summed E-state index contributed by atoms with van der Waals surface area (Å²) < 4.78 is 0. The highest BCUT2D eigenvalue weighted by Gasteiger charge is 2.65. The molecule has 5 nitrogen and oxygen atoms in total. The van der Waals surface area contributed by atoms with Gasteiger partial charge in [0.15, 0.2) is 0 Å². The number of aliphatic hydroxyl groups is 3. The van der Waals surface area contributed by atoms with Crippen molar-refractivity contribution in [3.8, 4) is 0 Å². The van der Waals surface area contributed by atoms with Gasteiger partial charge in [0.05, 0.1) is 18.3 Å². The van der Waals surface area contributed by atoms with Crippen molar-refractivity contribution in [2.24, 2.45) is 52.1 Å². The first-order valence-corrected chi connectivity index (χ1v) is 11.9. The molecule has 0 aromatic carbocycles. The third-order valence-electron chi connectivity index (χ3n) is 10.4. The van der Waals surface area contributed by atoms with Crippen molar-refractivity contribution >= 4 is 5.91 Å². The van der Waals surface area contributed by atoms with Gasteiger partial charge < -0.3 is 21.1 Å². The van der Waals surface area contributed by atoms with Gasteiger partial charge in [-0.3, -0.25) is 4.79 Å². The Kier molecular flexibility index (Phi) is 5.57. The highest BCUT2D eigenvalue weighted by Crippen LogP contribution is 2.68. The van der Waals surface area contributed by atoms with Crippen LogP contribution in [0.3, 0.4) is 0 Å². The van der Waals surface area contributed by atoms with Crippen LogP contribution in [-0.2, 0) is 4.79 Å². The number of rotatable bonds is 4. The van der Waals surface area contributed by atoms with Gasteiger partial charge >= 0.3 is 0 Å². The van der Waals surface area contributed by atoms with Crippen molar-refractivity contribution in [1.29, 1.82) is 0 Å². The van der Waals surface area contributed by atoms with Crippen LogP contribution in [0.5, 0.6) is 0 Å². The van der Waals surface area contributed by atoms with E-state index in [1.807, 2.05) is 0 Å². The van der Waals surface area contributed by atoms with Gasteiger partial charge in [-0.15, -0.1) is 0 Å². The van der Waals surface area contributed by atoms with E-state index < -0.39 is 0 Å². The highest BCUT2D eigenvalue weighted by molar-refractivity contribution is 5.73. The average molecular weight is 408 g/mol. The molecule has 0 saturated heterocycles. The van der Waals surface area contributed by atoms with E-state index in [1.165, 1.54) is 0 Å². The molecule has 1 amide bonds. The van der Waals surface area contributed by atoms with E-state index in [9.17, 15) is 20.1 Å². The number of fused-ring (bicyclic) bond motifs is 5. The smallest absolute Gasteiger partial charge is 0.217 e. The molecular weight excluding hydrogens is 366 g/mol. The number of carbonyl (C=O) groups is 1. The van der Waals surface area contributed by atoms with Crippen molar-refractivity contribution < 1.29 is 20.1 Å². The van der Waals surface area contributed by atoms with E-state index in [2.05, 4.69) is 20.8 Å². The van der Waals surface area contributed by atoms with Crippen LogP contribution in [0, 0.1) is 46.3 Å². The topological polar surface area (TPSA) is 104 Å². The fourth-order valence-corrected chi connectivity index (χ4v) is 8.70. The quantitative estimate of drug-likeness (QED) is 0.575. The minimum atomic E-state index is -0.369. The molecule has 29 heavy (non-hydrogen) atoms. The van der Waals surface area contributed by atoms with Crippen LogP contribution in [0.4, 0.5) is 0 Å². The molecule has 5 heteroatoms. The lowest BCUT2D eigenvalue weighted by Gasteiger charge is -2.63. The fraction of sp³-hybridized carbons (Fsp3) is 0.958. The Labute approximate surface area is 175 Å². The lowest BCUT2D eigenvalue weighted by atomic mass is 9.43. The molecule has 0 aliphatic heterocycles. The van der Waals surface area contributed by atoms with Crippen LogP contribution in [-0.4, -0.2) is 39.5 Å². The average Bonchev–Trinajstić information content (AvgIpc) is 3.01. The molecule has 4 saturated carbocycles. The molecule has 0 aromatic rings. The summed E-state index contributed by atoms with van der Waals surface area (Å²) in [6.07, 6.45) is 6.56. The minimum absolute atomic E-state index is 0.112. The Morgan fingerprint density at radius 3 is 2.48 bits per heavy atom. The SMILES string of the molecule is C[C@H](CCC(N)=O)C1CC[C@H]2C3C(O)CC4C[C@H](O)CCC4(C)[C@H]3C[C@H](O)C12C. The largest absolute Gasteiger partial charge is 0.393 e.